The third-order valence-corrected chi connectivity index (χ3v) is 5.14. The number of alkyl halides is 3. The number of halogens is 3. The predicted octanol–water partition coefficient (Wildman–Crippen LogP) is 2.32. The number of amides is 1. The van der Waals surface area contributed by atoms with Crippen LogP contribution in [-0.4, -0.2) is 38.9 Å². The molecule has 2 aromatic carbocycles. The SMILES string of the molecule is O=C(CCNS(=O)(=O)c1ccc(OC(F)(F)F)cc1)NCCc1cccc(O)c1. The Bertz CT molecular complexity index is 931. The van der Waals surface area contributed by atoms with E-state index in [9.17, 15) is 31.5 Å². The lowest BCUT2D eigenvalue weighted by atomic mass is 10.1. The molecule has 0 fully saturated rings. The van der Waals surface area contributed by atoms with Crippen LogP contribution in [0.15, 0.2) is 53.4 Å². The monoisotopic (exact) mass is 432 g/mol. The number of hydrogen-bond donors (Lipinski definition) is 3. The fourth-order valence-electron chi connectivity index (χ4n) is 2.35. The molecule has 29 heavy (non-hydrogen) atoms. The van der Waals surface area contributed by atoms with Gasteiger partial charge in [0.15, 0.2) is 0 Å². The first kappa shape index (κ1) is 22.5. The van der Waals surface area contributed by atoms with Gasteiger partial charge in [-0.25, -0.2) is 13.1 Å². The largest absolute Gasteiger partial charge is 0.573 e. The second-order valence-electron chi connectivity index (χ2n) is 5.94. The van der Waals surface area contributed by atoms with Gasteiger partial charge in [0.1, 0.15) is 11.5 Å². The van der Waals surface area contributed by atoms with Crippen molar-refractivity contribution in [3.63, 3.8) is 0 Å². The molecular formula is C18H19F3N2O5S. The van der Waals surface area contributed by atoms with Gasteiger partial charge in [0.25, 0.3) is 0 Å². The lowest BCUT2D eigenvalue weighted by molar-refractivity contribution is -0.274. The number of phenolic OH excluding ortho intramolecular Hbond substituents is 1. The van der Waals surface area contributed by atoms with Gasteiger partial charge in [-0.1, -0.05) is 12.1 Å². The van der Waals surface area contributed by atoms with E-state index in [-0.39, 0.29) is 29.5 Å². The summed E-state index contributed by atoms with van der Waals surface area (Å²) in [6.07, 6.45) is -4.49. The lowest BCUT2D eigenvalue weighted by Gasteiger charge is -2.10. The first-order valence-electron chi connectivity index (χ1n) is 8.45. The molecule has 11 heteroatoms. The molecule has 0 spiro atoms. The van der Waals surface area contributed by atoms with E-state index in [1.54, 1.807) is 18.2 Å². The van der Waals surface area contributed by atoms with Gasteiger partial charge in [0.2, 0.25) is 15.9 Å². The third-order valence-electron chi connectivity index (χ3n) is 3.66. The van der Waals surface area contributed by atoms with Crippen molar-refractivity contribution in [3.05, 3.63) is 54.1 Å². The number of hydrogen-bond acceptors (Lipinski definition) is 5. The summed E-state index contributed by atoms with van der Waals surface area (Å²) in [5, 5.41) is 12.0. The van der Waals surface area contributed by atoms with Crippen molar-refractivity contribution in [2.45, 2.75) is 24.1 Å². The maximum absolute atomic E-state index is 12.1. The normalized spacial score (nSPS) is 11.8. The van der Waals surface area contributed by atoms with Crippen LogP contribution in [0.3, 0.4) is 0 Å². The van der Waals surface area contributed by atoms with Gasteiger partial charge in [0.05, 0.1) is 4.90 Å². The summed E-state index contributed by atoms with van der Waals surface area (Å²) in [4.78, 5) is 11.5. The molecule has 7 nitrogen and oxygen atoms in total. The van der Waals surface area contributed by atoms with E-state index in [0.29, 0.717) is 13.0 Å². The molecule has 2 rings (SSSR count). The van der Waals surface area contributed by atoms with Gasteiger partial charge < -0.3 is 15.2 Å². The average molecular weight is 432 g/mol. The number of benzene rings is 2. The number of ether oxygens (including phenoxy) is 1. The average Bonchev–Trinajstić information content (AvgIpc) is 2.61. The second-order valence-corrected chi connectivity index (χ2v) is 7.70. The Kier molecular flexibility index (Phi) is 7.46. The van der Waals surface area contributed by atoms with E-state index >= 15 is 0 Å². The second kappa shape index (κ2) is 9.61. The predicted molar refractivity (Wildman–Crippen MR) is 97.8 cm³/mol. The molecule has 0 saturated heterocycles. The highest BCUT2D eigenvalue weighted by Gasteiger charge is 2.31. The molecule has 0 aliphatic carbocycles. The molecule has 0 saturated carbocycles. The molecule has 0 unspecified atom stereocenters. The minimum atomic E-state index is -4.87. The molecule has 0 aromatic heterocycles. The van der Waals surface area contributed by atoms with Crippen LogP contribution in [-0.2, 0) is 21.2 Å². The van der Waals surface area contributed by atoms with Crippen molar-refractivity contribution in [2.75, 3.05) is 13.1 Å². The minimum absolute atomic E-state index is 0.117. The highest BCUT2D eigenvalue weighted by molar-refractivity contribution is 7.89. The molecule has 0 atom stereocenters. The maximum atomic E-state index is 12.1. The number of sulfonamides is 1. The van der Waals surface area contributed by atoms with Crippen molar-refractivity contribution < 1.29 is 36.2 Å². The Hall–Kier alpha value is -2.79. The summed E-state index contributed by atoms with van der Waals surface area (Å²) in [5.41, 5.74) is 0.837. The van der Waals surface area contributed by atoms with Gasteiger partial charge in [-0.05, 0) is 48.4 Å². The molecule has 0 bridgehead atoms. The standard InChI is InChI=1S/C18H19F3N2O5S/c19-18(20,21)28-15-4-6-16(7-5-15)29(26,27)23-11-9-17(25)22-10-8-13-2-1-3-14(24)12-13/h1-7,12,23-24H,8-11H2,(H,22,25). The van der Waals surface area contributed by atoms with Crippen LogP contribution in [0.4, 0.5) is 13.2 Å². The van der Waals surface area contributed by atoms with Crippen molar-refractivity contribution in [1.29, 1.82) is 0 Å². The Balaban J connectivity index is 1.76. The number of aromatic hydroxyl groups is 1. The van der Waals surface area contributed by atoms with Crippen LogP contribution in [0.5, 0.6) is 11.5 Å². The van der Waals surface area contributed by atoms with Gasteiger partial charge in [-0.3, -0.25) is 4.79 Å². The molecule has 2 aromatic rings. The molecule has 158 valence electrons. The van der Waals surface area contributed by atoms with Crippen LogP contribution < -0.4 is 14.8 Å². The van der Waals surface area contributed by atoms with Gasteiger partial charge >= 0.3 is 6.36 Å². The van der Waals surface area contributed by atoms with Gasteiger partial charge in [0, 0.05) is 19.5 Å². The zero-order valence-corrected chi connectivity index (χ0v) is 15.9. The summed E-state index contributed by atoms with van der Waals surface area (Å²) in [7, 11) is -3.98. The van der Waals surface area contributed by atoms with Crippen LogP contribution in [0.25, 0.3) is 0 Å². The molecule has 0 heterocycles. The Morgan fingerprint density at radius 3 is 2.38 bits per heavy atom. The number of phenols is 1. The molecule has 0 aliphatic heterocycles. The number of carbonyl (C=O) groups is 1. The van der Waals surface area contributed by atoms with Crippen molar-refractivity contribution in [3.8, 4) is 11.5 Å². The topological polar surface area (TPSA) is 105 Å². The highest BCUT2D eigenvalue weighted by atomic mass is 32.2. The van der Waals surface area contributed by atoms with E-state index in [1.165, 1.54) is 6.07 Å². The summed E-state index contributed by atoms with van der Waals surface area (Å²) in [5.74, 6) is -0.787. The van der Waals surface area contributed by atoms with E-state index in [2.05, 4.69) is 14.8 Å². The minimum Gasteiger partial charge on any atom is -0.508 e. The van der Waals surface area contributed by atoms with E-state index in [1.807, 2.05) is 0 Å². The Labute approximate surface area is 165 Å². The Morgan fingerprint density at radius 2 is 1.76 bits per heavy atom. The summed E-state index contributed by atoms with van der Waals surface area (Å²) >= 11 is 0. The number of carbonyl (C=O) groups excluding carboxylic acids is 1. The number of nitrogens with one attached hydrogen (secondary N) is 2. The molecule has 1 amide bonds. The van der Waals surface area contributed by atoms with Gasteiger partial charge in [-0.15, -0.1) is 13.2 Å². The van der Waals surface area contributed by atoms with Gasteiger partial charge in [-0.2, -0.15) is 0 Å². The zero-order chi connectivity index (χ0) is 21.5. The van der Waals surface area contributed by atoms with E-state index < -0.39 is 22.1 Å². The number of rotatable bonds is 9. The fourth-order valence-corrected chi connectivity index (χ4v) is 3.38. The maximum Gasteiger partial charge on any atom is 0.573 e. The first-order valence-corrected chi connectivity index (χ1v) is 9.93. The molecular weight excluding hydrogens is 413 g/mol. The molecule has 0 aliphatic rings. The summed E-state index contributed by atoms with van der Waals surface area (Å²) in [6.45, 7) is 0.136. The van der Waals surface area contributed by atoms with Crippen LogP contribution >= 0.6 is 0 Å². The highest BCUT2D eigenvalue weighted by Crippen LogP contribution is 2.23. The fraction of sp³-hybridized carbons (Fsp3) is 0.278. The van der Waals surface area contributed by atoms with Crippen molar-refractivity contribution in [1.82, 2.24) is 10.0 Å². The van der Waals surface area contributed by atoms with Crippen molar-refractivity contribution in [2.24, 2.45) is 0 Å². The third kappa shape index (κ3) is 8.00. The van der Waals surface area contributed by atoms with E-state index in [0.717, 1.165) is 29.8 Å². The Morgan fingerprint density at radius 1 is 1.07 bits per heavy atom. The molecule has 3 N–H and O–H groups in total. The first-order chi connectivity index (χ1) is 13.5. The lowest BCUT2D eigenvalue weighted by Crippen LogP contribution is -2.31. The van der Waals surface area contributed by atoms with Crippen LogP contribution in [0.2, 0.25) is 0 Å². The summed E-state index contributed by atoms with van der Waals surface area (Å²) in [6, 6.07) is 10.3. The quantitative estimate of drug-likeness (QED) is 0.564. The zero-order valence-electron chi connectivity index (χ0n) is 15.1. The van der Waals surface area contributed by atoms with Crippen LogP contribution in [0, 0.1) is 0 Å². The molecule has 0 radical (unpaired) electrons. The summed E-state index contributed by atoms with van der Waals surface area (Å²) < 4.78 is 66.5. The van der Waals surface area contributed by atoms with Crippen molar-refractivity contribution >= 4 is 15.9 Å². The van der Waals surface area contributed by atoms with Crippen LogP contribution in [0.1, 0.15) is 12.0 Å². The smallest absolute Gasteiger partial charge is 0.508 e. The van der Waals surface area contributed by atoms with E-state index in [4.69, 9.17) is 0 Å².